The SMILES string of the molecule is CNc1nccc(C(=O)NC2CCCCCCC2)c1F. The fraction of sp³-hybridized carbons (Fsp3) is 0.600. The first kappa shape index (κ1) is 14.8. The van der Waals surface area contributed by atoms with E-state index in [0.29, 0.717) is 0 Å². The summed E-state index contributed by atoms with van der Waals surface area (Å²) in [6, 6.07) is 1.59. The Balaban J connectivity index is 2.03. The van der Waals surface area contributed by atoms with Gasteiger partial charge in [0.2, 0.25) is 0 Å². The second-order valence-electron chi connectivity index (χ2n) is 5.29. The average Bonchev–Trinajstić information content (AvgIpc) is 2.41. The Morgan fingerprint density at radius 1 is 1.25 bits per heavy atom. The summed E-state index contributed by atoms with van der Waals surface area (Å²) in [5.74, 6) is -0.819. The molecule has 0 atom stereocenters. The third-order valence-electron chi connectivity index (χ3n) is 3.81. The number of nitrogens with one attached hydrogen (secondary N) is 2. The summed E-state index contributed by atoms with van der Waals surface area (Å²) in [5, 5.41) is 5.61. The lowest BCUT2D eigenvalue weighted by Crippen LogP contribution is -2.35. The van der Waals surface area contributed by atoms with Gasteiger partial charge in [0.05, 0.1) is 5.56 Å². The standard InChI is InChI=1S/C15H22FN3O/c1-17-14-13(16)12(9-10-18-14)15(20)19-11-7-5-3-2-4-6-8-11/h9-11H,2-8H2,1H3,(H,17,18)(H,19,20). The van der Waals surface area contributed by atoms with Crippen LogP contribution in [0.1, 0.15) is 55.3 Å². The zero-order valence-corrected chi connectivity index (χ0v) is 11.9. The van der Waals surface area contributed by atoms with Crippen LogP contribution < -0.4 is 10.6 Å². The molecule has 4 nitrogen and oxygen atoms in total. The van der Waals surface area contributed by atoms with E-state index >= 15 is 0 Å². The second kappa shape index (κ2) is 7.22. The molecule has 0 bridgehead atoms. The topological polar surface area (TPSA) is 54.0 Å². The Morgan fingerprint density at radius 2 is 1.90 bits per heavy atom. The van der Waals surface area contributed by atoms with Gasteiger partial charge < -0.3 is 10.6 Å². The highest BCUT2D eigenvalue weighted by molar-refractivity contribution is 5.95. The lowest BCUT2D eigenvalue weighted by molar-refractivity contribution is 0.0926. The summed E-state index contributed by atoms with van der Waals surface area (Å²) >= 11 is 0. The molecule has 2 N–H and O–H groups in total. The van der Waals surface area contributed by atoms with E-state index in [9.17, 15) is 9.18 Å². The predicted molar refractivity (Wildman–Crippen MR) is 77.3 cm³/mol. The lowest BCUT2D eigenvalue weighted by Gasteiger charge is -2.21. The zero-order chi connectivity index (χ0) is 14.4. The van der Waals surface area contributed by atoms with Gasteiger partial charge in [-0.25, -0.2) is 9.37 Å². The van der Waals surface area contributed by atoms with Gasteiger partial charge >= 0.3 is 0 Å². The molecule has 1 heterocycles. The van der Waals surface area contributed by atoms with Crippen LogP contribution in [0.2, 0.25) is 0 Å². The maximum Gasteiger partial charge on any atom is 0.254 e. The molecular formula is C15H22FN3O. The zero-order valence-electron chi connectivity index (χ0n) is 11.9. The Morgan fingerprint density at radius 3 is 2.55 bits per heavy atom. The minimum Gasteiger partial charge on any atom is -0.371 e. The predicted octanol–water partition coefficient (Wildman–Crippen LogP) is 3.11. The van der Waals surface area contributed by atoms with Crippen LogP contribution in [-0.4, -0.2) is 24.0 Å². The molecule has 1 aromatic heterocycles. The van der Waals surface area contributed by atoms with E-state index in [1.807, 2.05) is 0 Å². The molecule has 1 fully saturated rings. The smallest absolute Gasteiger partial charge is 0.254 e. The van der Waals surface area contributed by atoms with E-state index in [1.165, 1.54) is 31.5 Å². The number of nitrogens with zero attached hydrogens (tertiary/aromatic N) is 1. The van der Waals surface area contributed by atoms with Crippen molar-refractivity contribution in [3.63, 3.8) is 0 Å². The van der Waals surface area contributed by atoms with E-state index in [1.54, 1.807) is 7.05 Å². The van der Waals surface area contributed by atoms with Crippen molar-refractivity contribution in [2.24, 2.45) is 0 Å². The summed E-state index contributed by atoms with van der Waals surface area (Å²) in [4.78, 5) is 16.0. The molecular weight excluding hydrogens is 257 g/mol. The summed E-state index contributed by atoms with van der Waals surface area (Å²) in [6.07, 6.45) is 9.40. The molecule has 0 saturated heterocycles. The Kier molecular flexibility index (Phi) is 5.32. The van der Waals surface area contributed by atoms with Crippen molar-refractivity contribution in [1.29, 1.82) is 0 Å². The third kappa shape index (κ3) is 3.68. The molecule has 2 rings (SSSR count). The van der Waals surface area contributed by atoms with Crippen molar-refractivity contribution in [3.8, 4) is 0 Å². The number of amides is 1. The Bertz CT molecular complexity index is 456. The van der Waals surface area contributed by atoms with Crippen molar-refractivity contribution < 1.29 is 9.18 Å². The van der Waals surface area contributed by atoms with Crippen LogP contribution in [0.5, 0.6) is 0 Å². The monoisotopic (exact) mass is 279 g/mol. The van der Waals surface area contributed by atoms with Crippen LogP contribution in [0, 0.1) is 5.82 Å². The van der Waals surface area contributed by atoms with Gasteiger partial charge in [-0.2, -0.15) is 0 Å². The van der Waals surface area contributed by atoms with Crippen molar-refractivity contribution in [3.05, 3.63) is 23.6 Å². The number of carbonyl (C=O) groups is 1. The second-order valence-corrected chi connectivity index (χ2v) is 5.29. The van der Waals surface area contributed by atoms with Crippen LogP contribution in [0.15, 0.2) is 12.3 Å². The number of hydrogen-bond donors (Lipinski definition) is 2. The van der Waals surface area contributed by atoms with Gasteiger partial charge in [-0.3, -0.25) is 4.79 Å². The van der Waals surface area contributed by atoms with Gasteiger partial charge in [0.1, 0.15) is 0 Å². The fourth-order valence-corrected chi connectivity index (χ4v) is 2.66. The van der Waals surface area contributed by atoms with Gasteiger partial charge in [0.25, 0.3) is 5.91 Å². The van der Waals surface area contributed by atoms with Crippen molar-refractivity contribution in [2.75, 3.05) is 12.4 Å². The van der Waals surface area contributed by atoms with E-state index < -0.39 is 5.82 Å². The summed E-state index contributed by atoms with van der Waals surface area (Å²) in [5.41, 5.74) is 0.0615. The molecule has 1 amide bonds. The minimum atomic E-state index is -0.585. The summed E-state index contributed by atoms with van der Waals surface area (Å²) in [7, 11) is 1.59. The number of aromatic nitrogens is 1. The van der Waals surface area contributed by atoms with Gasteiger partial charge in [-0.1, -0.05) is 32.1 Å². The molecule has 1 aromatic rings. The molecule has 0 unspecified atom stereocenters. The summed E-state index contributed by atoms with van der Waals surface area (Å²) < 4.78 is 14.0. The number of halogens is 1. The van der Waals surface area contributed by atoms with Gasteiger partial charge in [0.15, 0.2) is 11.6 Å². The molecule has 5 heteroatoms. The average molecular weight is 279 g/mol. The molecule has 0 aliphatic heterocycles. The van der Waals surface area contributed by atoms with Gasteiger partial charge in [-0.15, -0.1) is 0 Å². The van der Waals surface area contributed by atoms with Crippen molar-refractivity contribution in [2.45, 2.75) is 51.0 Å². The van der Waals surface area contributed by atoms with E-state index in [0.717, 1.165) is 25.7 Å². The van der Waals surface area contributed by atoms with Crippen LogP contribution in [0.3, 0.4) is 0 Å². The molecule has 1 saturated carbocycles. The number of hydrogen-bond acceptors (Lipinski definition) is 3. The van der Waals surface area contributed by atoms with Crippen molar-refractivity contribution in [1.82, 2.24) is 10.3 Å². The molecule has 1 aliphatic carbocycles. The molecule has 110 valence electrons. The van der Waals surface area contributed by atoms with E-state index in [4.69, 9.17) is 0 Å². The molecule has 20 heavy (non-hydrogen) atoms. The number of anilines is 1. The number of carbonyl (C=O) groups excluding carboxylic acids is 1. The normalized spacial score (nSPS) is 17.1. The van der Waals surface area contributed by atoms with Gasteiger partial charge in [0, 0.05) is 19.3 Å². The molecule has 1 aliphatic rings. The van der Waals surface area contributed by atoms with Crippen LogP contribution in [-0.2, 0) is 0 Å². The van der Waals surface area contributed by atoms with Crippen molar-refractivity contribution >= 4 is 11.7 Å². The molecule has 0 radical (unpaired) electrons. The van der Waals surface area contributed by atoms with Crippen LogP contribution >= 0.6 is 0 Å². The first-order valence-corrected chi connectivity index (χ1v) is 7.35. The first-order chi connectivity index (χ1) is 9.72. The highest BCUT2D eigenvalue weighted by Gasteiger charge is 2.19. The first-order valence-electron chi connectivity index (χ1n) is 7.35. The largest absolute Gasteiger partial charge is 0.371 e. The highest BCUT2D eigenvalue weighted by atomic mass is 19.1. The molecule has 0 aromatic carbocycles. The fourth-order valence-electron chi connectivity index (χ4n) is 2.66. The van der Waals surface area contributed by atoms with E-state index in [-0.39, 0.29) is 23.3 Å². The maximum atomic E-state index is 14.0. The lowest BCUT2D eigenvalue weighted by atomic mass is 9.96. The third-order valence-corrected chi connectivity index (χ3v) is 3.81. The number of rotatable bonds is 3. The number of pyridine rings is 1. The maximum absolute atomic E-state index is 14.0. The molecule has 0 spiro atoms. The Hall–Kier alpha value is -1.65. The van der Waals surface area contributed by atoms with Crippen LogP contribution in [0.25, 0.3) is 0 Å². The van der Waals surface area contributed by atoms with Gasteiger partial charge in [-0.05, 0) is 18.9 Å². The Labute approximate surface area is 119 Å². The van der Waals surface area contributed by atoms with E-state index in [2.05, 4.69) is 15.6 Å². The van der Waals surface area contributed by atoms with Crippen LogP contribution in [0.4, 0.5) is 10.2 Å². The summed E-state index contributed by atoms with van der Waals surface area (Å²) in [6.45, 7) is 0. The minimum absolute atomic E-state index is 0.0615. The quantitative estimate of drug-likeness (QED) is 0.894. The highest BCUT2D eigenvalue weighted by Crippen LogP contribution is 2.19.